The Balaban J connectivity index is 2.18. The number of hydrogen-bond donors (Lipinski definition) is 1. The first kappa shape index (κ1) is 16.3. The first-order chi connectivity index (χ1) is 10.0. The van der Waals surface area contributed by atoms with E-state index in [4.69, 9.17) is 4.74 Å². The van der Waals surface area contributed by atoms with Gasteiger partial charge in [0.05, 0.1) is 7.11 Å². The van der Waals surface area contributed by atoms with Gasteiger partial charge in [-0.15, -0.1) is 0 Å². The van der Waals surface area contributed by atoms with E-state index in [0.29, 0.717) is 12.1 Å². The predicted octanol–water partition coefficient (Wildman–Crippen LogP) is 3.61. The number of piperazine rings is 1. The van der Waals surface area contributed by atoms with Crippen LogP contribution in [0.15, 0.2) is 24.3 Å². The van der Waals surface area contributed by atoms with E-state index in [-0.39, 0.29) is 5.54 Å². The van der Waals surface area contributed by atoms with Crippen LogP contribution in [0.3, 0.4) is 0 Å². The normalized spacial score (nSPS) is 28.3. The van der Waals surface area contributed by atoms with Gasteiger partial charge in [-0.3, -0.25) is 4.90 Å². The zero-order valence-corrected chi connectivity index (χ0v) is 14.1. The van der Waals surface area contributed by atoms with Crippen LogP contribution >= 0.6 is 0 Å². The number of methoxy groups -OCH3 is 1. The molecule has 0 amide bonds. The average molecular weight is 290 g/mol. The number of benzene rings is 1. The lowest BCUT2D eigenvalue weighted by Gasteiger charge is -2.48. The van der Waals surface area contributed by atoms with E-state index in [1.54, 1.807) is 7.11 Å². The highest BCUT2D eigenvalue weighted by atomic mass is 16.5. The minimum absolute atomic E-state index is 0.229. The molecular formula is C18H30N2O. The van der Waals surface area contributed by atoms with Gasteiger partial charge < -0.3 is 10.1 Å². The van der Waals surface area contributed by atoms with Gasteiger partial charge in [0.25, 0.3) is 0 Å². The molecule has 1 aromatic rings. The second kappa shape index (κ2) is 6.80. The summed E-state index contributed by atoms with van der Waals surface area (Å²) >= 11 is 0. The van der Waals surface area contributed by atoms with Crippen molar-refractivity contribution >= 4 is 0 Å². The molecular weight excluding hydrogens is 260 g/mol. The second-order valence-corrected chi connectivity index (χ2v) is 6.48. The number of nitrogens with one attached hydrogen (secondary N) is 1. The fourth-order valence-corrected chi connectivity index (χ4v) is 3.21. The summed E-state index contributed by atoms with van der Waals surface area (Å²) in [5.74, 6) is 0.927. The third kappa shape index (κ3) is 3.58. The number of nitrogens with zero attached hydrogens (tertiary/aromatic N) is 1. The van der Waals surface area contributed by atoms with Crippen molar-refractivity contribution in [3.05, 3.63) is 29.8 Å². The summed E-state index contributed by atoms with van der Waals surface area (Å²) in [6.07, 6.45) is 2.35. The van der Waals surface area contributed by atoms with E-state index in [1.807, 2.05) is 0 Å². The van der Waals surface area contributed by atoms with Crippen LogP contribution < -0.4 is 10.1 Å². The van der Waals surface area contributed by atoms with Gasteiger partial charge in [-0.1, -0.05) is 26.0 Å². The number of rotatable bonds is 5. The molecule has 0 bridgehead atoms. The van der Waals surface area contributed by atoms with Crippen molar-refractivity contribution in [1.29, 1.82) is 0 Å². The van der Waals surface area contributed by atoms with E-state index in [2.05, 4.69) is 62.2 Å². The minimum Gasteiger partial charge on any atom is -0.497 e. The highest BCUT2D eigenvalue weighted by Crippen LogP contribution is 2.30. The molecule has 2 rings (SSSR count). The van der Waals surface area contributed by atoms with Gasteiger partial charge in [-0.2, -0.15) is 0 Å². The molecule has 0 aromatic heterocycles. The van der Waals surface area contributed by atoms with Crippen molar-refractivity contribution in [1.82, 2.24) is 10.2 Å². The van der Waals surface area contributed by atoms with Gasteiger partial charge in [0.1, 0.15) is 5.75 Å². The Hall–Kier alpha value is -1.06. The Morgan fingerprint density at radius 1 is 1.33 bits per heavy atom. The van der Waals surface area contributed by atoms with Crippen molar-refractivity contribution in [2.45, 2.75) is 58.2 Å². The fourth-order valence-electron chi connectivity index (χ4n) is 3.21. The van der Waals surface area contributed by atoms with Crippen LogP contribution in [0.5, 0.6) is 5.75 Å². The van der Waals surface area contributed by atoms with E-state index >= 15 is 0 Å². The van der Waals surface area contributed by atoms with Crippen LogP contribution in [0.2, 0.25) is 0 Å². The Kier molecular flexibility index (Phi) is 5.28. The summed E-state index contributed by atoms with van der Waals surface area (Å²) in [5.41, 5.74) is 1.60. The van der Waals surface area contributed by atoms with E-state index in [0.717, 1.165) is 25.3 Å². The zero-order chi connectivity index (χ0) is 15.5. The average Bonchev–Trinajstić information content (AvgIpc) is 2.54. The van der Waals surface area contributed by atoms with Gasteiger partial charge in [0.2, 0.25) is 0 Å². The lowest BCUT2D eigenvalue weighted by Crippen LogP contribution is -2.62. The molecule has 0 radical (unpaired) electrons. The second-order valence-electron chi connectivity index (χ2n) is 6.48. The molecule has 1 aromatic carbocycles. The molecule has 0 aliphatic carbocycles. The summed E-state index contributed by atoms with van der Waals surface area (Å²) in [6.45, 7) is 11.4. The smallest absolute Gasteiger partial charge is 0.118 e. The summed E-state index contributed by atoms with van der Waals surface area (Å²) in [7, 11) is 1.72. The van der Waals surface area contributed by atoms with Crippen molar-refractivity contribution in [2.24, 2.45) is 0 Å². The third-order valence-corrected chi connectivity index (χ3v) is 5.11. The molecule has 21 heavy (non-hydrogen) atoms. The van der Waals surface area contributed by atoms with E-state index in [9.17, 15) is 0 Å². The molecule has 1 heterocycles. The number of hydrogen-bond acceptors (Lipinski definition) is 3. The molecule has 1 aliphatic heterocycles. The topological polar surface area (TPSA) is 24.5 Å². The molecule has 3 heteroatoms. The highest BCUT2D eigenvalue weighted by molar-refractivity contribution is 5.29. The summed E-state index contributed by atoms with van der Waals surface area (Å²) in [4.78, 5) is 2.67. The van der Waals surface area contributed by atoms with Crippen LogP contribution in [0, 0.1) is 0 Å². The molecule has 0 spiro atoms. The van der Waals surface area contributed by atoms with E-state index in [1.165, 1.54) is 12.0 Å². The van der Waals surface area contributed by atoms with Crippen molar-refractivity contribution in [2.75, 3.05) is 20.2 Å². The largest absolute Gasteiger partial charge is 0.497 e. The fraction of sp³-hybridized carbons (Fsp3) is 0.667. The Morgan fingerprint density at radius 3 is 2.52 bits per heavy atom. The molecule has 1 saturated heterocycles. The molecule has 0 saturated carbocycles. The van der Waals surface area contributed by atoms with Crippen LogP contribution in [0.1, 0.15) is 52.1 Å². The SMILES string of the molecule is CCC1CNC(C)(CC)CN1C(C)c1ccc(OC)cc1. The van der Waals surface area contributed by atoms with Crippen LogP contribution in [0.4, 0.5) is 0 Å². The van der Waals surface area contributed by atoms with Crippen LogP contribution in [0.25, 0.3) is 0 Å². The number of ether oxygens (including phenoxy) is 1. The zero-order valence-electron chi connectivity index (χ0n) is 14.1. The molecule has 3 atom stereocenters. The van der Waals surface area contributed by atoms with Gasteiger partial charge in [0.15, 0.2) is 0 Å². The van der Waals surface area contributed by atoms with Gasteiger partial charge >= 0.3 is 0 Å². The Bertz CT molecular complexity index is 445. The Labute approximate surface area is 129 Å². The molecule has 3 unspecified atom stereocenters. The van der Waals surface area contributed by atoms with Crippen molar-refractivity contribution in [3.63, 3.8) is 0 Å². The van der Waals surface area contributed by atoms with Crippen molar-refractivity contribution < 1.29 is 4.74 Å². The standard InChI is InChI=1S/C18H30N2O/c1-6-16-12-19-18(4,7-2)13-20(16)14(3)15-8-10-17(21-5)11-9-15/h8-11,14,16,19H,6-7,12-13H2,1-5H3. The maximum Gasteiger partial charge on any atom is 0.118 e. The van der Waals surface area contributed by atoms with Crippen LogP contribution in [-0.4, -0.2) is 36.7 Å². The van der Waals surface area contributed by atoms with Gasteiger partial charge in [-0.05, 0) is 44.4 Å². The van der Waals surface area contributed by atoms with Crippen molar-refractivity contribution in [3.8, 4) is 5.75 Å². The lowest BCUT2D eigenvalue weighted by molar-refractivity contribution is 0.0493. The third-order valence-electron chi connectivity index (χ3n) is 5.11. The first-order valence-corrected chi connectivity index (χ1v) is 8.17. The summed E-state index contributed by atoms with van der Waals surface area (Å²) < 4.78 is 5.26. The molecule has 1 N–H and O–H groups in total. The maximum atomic E-state index is 5.26. The molecule has 118 valence electrons. The Morgan fingerprint density at radius 2 is 2.00 bits per heavy atom. The monoisotopic (exact) mass is 290 g/mol. The maximum absolute atomic E-state index is 5.26. The van der Waals surface area contributed by atoms with Gasteiger partial charge in [-0.25, -0.2) is 0 Å². The minimum atomic E-state index is 0.229. The highest BCUT2D eigenvalue weighted by Gasteiger charge is 2.36. The van der Waals surface area contributed by atoms with Gasteiger partial charge in [0, 0.05) is 30.7 Å². The molecule has 1 fully saturated rings. The summed E-state index contributed by atoms with van der Waals surface area (Å²) in [5, 5.41) is 3.74. The quantitative estimate of drug-likeness (QED) is 0.896. The van der Waals surface area contributed by atoms with Crippen LogP contribution in [-0.2, 0) is 0 Å². The predicted molar refractivity (Wildman–Crippen MR) is 88.9 cm³/mol. The van der Waals surface area contributed by atoms with E-state index < -0.39 is 0 Å². The molecule has 1 aliphatic rings. The molecule has 3 nitrogen and oxygen atoms in total. The summed E-state index contributed by atoms with van der Waals surface area (Å²) in [6, 6.07) is 9.57. The first-order valence-electron chi connectivity index (χ1n) is 8.17. The lowest BCUT2D eigenvalue weighted by atomic mass is 9.90.